The number of morpholine rings is 1. The number of rotatable bonds is 6. The summed E-state index contributed by atoms with van der Waals surface area (Å²) < 4.78 is 24.7. The van der Waals surface area contributed by atoms with E-state index in [2.05, 4.69) is 15.5 Å². The standard InChI is InChI=1S/C17H26FN3O3/c1-12(2)24-14-4-5-16(15(18)10-14)20-17(22)19-11-13(3)21-6-8-23-9-7-21/h4-5,10,12-13H,6-9,11H2,1-3H3,(H2,19,20,22)/t13-/m0/s1. The van der Waals surface area contributed by atoms with Crippen LogP contribution in [-0.2, 0) is 4.74 Å². The number of nitrogens with one attached hydrogen (secondary N) is 2. The van der Waals surface area contributed by atoms with Gasteiger partial charge in [0.15, 0.2) is 0 Å². The Morgan fingerprint density at radius 1 is 1.33 bits per heavy atom. The Morgan fingerprint density at radius 3 is 2.67 bits per heavy atom. The molecule has 0 bridgehead atoms. The van der Waals surface area contributed by atoms with Gasteiger partial charge < -0.3 is 20.1 Å². The topological polar surface area (TPSA) is 62.8 Å². The van der Waals surface area contributed by atoms with E-state index in [1.807, 2.05) is 20.8 Å². The predicted octanol–water partition coefficient (Wildman–Crippen LogP) is 2.46. The Morgan fingerprint density at radius 2 is 2.04 bits per heavy atom. The quantitative estimate of drug-likeness (QED) is 0.836. The normalized spacial score (nSPS) is 16.7. The molecule has 134 valence electrons. The highest BCUT2D eigenvalue weighted by atomic mass is 19.1. The molecule has 7 heteroatoms. The maximum atomic E-state index is 14.0. The Labute approximate surface area is 142 Å². The van der Waals surface area contributed by atoms with Gasteiger partial charge in [-0.2, -0.15) is 0 Å². The minimum atomic E-state index is -0.524. The summed E-state index contributed by atoms with van der Waals surface area (Å²) in [5.74, 6) is -0.0843. The van der Waals surface area contributed by atoms with Crippen LogP contribution in [0.4, 0.5) is 14.9 Å². The van der Waals surface area contributed by atoms with E-state index >= 15 is 0 Å². The van der Waals surface area contributed by atoms with E-state index in [0.29, 0.717) is 25.5 Å². The Kier molecular flexibility index (Phi) is 6.81. The lowest BCUT2D eigenvalue weighted by Crippen LogP contribution is -2.47. The minimum absolute atomic E-state index is 0.0341. The van der Waals surface area contributed by atoms with Gasteiger partial charge in [-0.15, -0.1) is 0 Å². The van der Waals surface area contributed by atoms with Gasteiger partial charge in [0.05, 0.1) is 25.0 Å². The Balaban J connectivity index is 1.81. The third-order valence-corrected chi connectivity index (χ3v) is 3.79. The van der Waals surface area contributed by atoms with Crippen molar-refractivity contribution >= 4 is 11.7 Å². The van der Waals surface area contributed by atoms with Crippen LogP contribution in [0.5, 0.6) is 5.75 Å². The summed E-state index contributed by atoms with van der Waals surface area (Å²) >= 11 is 0. The number of halogens is 1. The highest BCUT2D eigenvalue weighted by Crippen LogP contribution is 2.21. The summed E-state index contributed by atoms with van der Waals surface area (Å²) in [5.41, 5.74) is 0.127. The molecule has 24 heavy (non-hydrogen) atoms. The number of amides is 2. The van der Waals surface area contributed by atoms with Gasteiger partial charge in [0.1, 0.15) is 11.6 Å². The van der Waals surface area contributed by atoms with E-state index in [1.54, 1.807) is 6.07 Å². The van der Waals surface area contributed by atoms with Crippen LogP contribution in [0.1, 0.15) is 20.8 Å². The molecule has 0 saturated carbocycles. The molecule has 0 unspecified atom stereocenters. The number of carbonyl (C=O) groups is 1. The van der Waals surface area contributed by atoms with E-state index in [-0.39, 0.29) is 17.8 Å². The molecular weight excluding hydrogens is 313 g/mol. The SMILES string of the molecule is CC(C)Oc1ccc(NC(=O)NC[C@H](C)N2CCOCC2)c(F)c1. The number of anilines is 1. The fraction of sp³-hybridized carbons (Fsp3) is 0.588. The Bertz CT molecular complexity index is 548. The van der Waals surface area contributed by atoms with Crippen LogP contribution in [0.3, 0.4) is 0 Å². The summed E-state index contributed by atoms with van der Waals surface area (Å²) in [6, 6.07) is 4.18. The monoisotopic (exact) mass is 339 g/mol. The number of urea groups is 1. The van der Waals surface area contributed by atoms with Gasteiger partial charge in [0.25, 0.3) is 0 Å². The van der Waals surface area contributed by atoms with Crippen molar-refractivity contribution in [2.45, 2.75) is 32.9 Å². The van der Waals surface area contributed by atoms with Gasteiger partial charge in [-0.05, 0) is 32.9 Å². The molecule has 1 aliphatic rings. The molecule has 2 N–H and O–H groups in total. The lowest BCUT2D eigenvalue weighted by atomic mass is 10.2. The average Bonchev–Trinajstić information content (AvgIpc) is 2.55. The van der Waals surface area contributed by atoms with E-state index in [1.165, 1.54) is 12.1 Å². The van der Waals surface area contributed by atoms with Crippen LogP contribution < -0.4 is 15.4 Å². The first-order chi connectivity index (χ1) is 11.5. The first-order valence-electron chi connectivity index (χ1n) is 8.28. The zero-order valence-electron chi connectivity index (χ0n) is 14.5. The fourth-order valence-electron chi connectivity index (χ4n) is 2.50. The highest BCUT2D eigenvalue weighted by Gasteiger charge is 2.17. The van der Waals surface area contributed by atoms with Crippen LogP contribution in [0.15, 0.2) is 18.2 Å². The zero-order chi connectivity index (χ0) is 17.5. The van der Waals surface area contributed by atoms with Gasteiger partial charge in [-0.1, -0.05) is 0 Å². The summed E-state index contributed by atoms with van der Waals surface area (Å²) in [5, 5.41) is 5.30. The zero-order valence-corrected chi connectivity index (χ0v) is 14.5. The van der Waals surface area contributed by atoms with Crippen LogP contribution in [0.2, 0.25) is 0 Å². The fourth-order valence-corrected chi connectivity index (χ4v) is 2.50. The molecule has 1 aromatic rings. The molecule has 1 fully saturated rings. The first-order valence-corrected chi connectivity index (χ1v) is 8.28. The van der Waals surface area contributed by atoms with Crippen molar-refractivity contribution in [2.75, 3.05) is 38.2 Å². The number of benzene rings is 1. The number of hydrogen-bond donors (Lipinski definition) is 2. The predicted molar refractivity (Wildman–Crippen MR) is 91.0 cm³/mol. The summed E-state index contributed by atoms with van der Waals surface area (Å²) in [6.07, 6.45) is -0.0341. The number of carbonyl (C=O) groups excluding carboxylic acids is 1. The lowest BCUT2D eigenvalue weighted by Gasteiger charge is -2.32. The average molecular weight is 339 g/mol. The number of nitrogens with zero attached hydrogens (tertiary/aromatic N) is 1. The van der Waals surface area contributed by atoms with Crippen molar-refractivity contribution in [1.29, 1.82) is 0 Å². The minimum Gasteiger partial charge on any atom is -0.491 e. The molecule has 1 atom stereocenters. The van der Waals surface area contributed by atoms with Gasteiger partial charge >= 0.3 is 6.03 Å². The van der Waals surface area contributed by atoms with Gasteiger partial charge in [-0.3, -0.25) is 4.90 Å². The van der Waals surface area contributed by atoms with Crippen molar-refractivity contribution < 1.29 is 18.7 Å². The van der Waals surface area contributed by atoms with Crippen molar-refractivity contribution in [2.24, 2.45) is 0 Å². The maximum absolute atomic E-state index is 14.0. The molecule has 1 aliphatic heterocycles. The molecule has 2 amide bonds. The number of ether oxygens (including phenoxy) is 2. The third kappa shape index (κ3) is 5.65. The van der Waals surface area contributed by atoms with Crippen LogP contribution in [-0.4, -0.2) is 55.9 Å². The van der Waals surface area contributed by atoms with Gasteiger partial charge in [0, 0.05) is 31.7 Å². The molecular formula is C17H26FN3O3. The van der Waals surface area contributed by atoms with E-state index < -0.39 is 11.8 Å². The second-order valence-corrected chi connectivity index (χ2v) is 6.14. The first kappa shape index (κ1) is 18.5. The van der Waals surface area contributed by atoms with Gasteiger partial charge in [-0.25, -0.2) is 9.18 Å². The lowest BCUT2D eigenvalue weighted by molar-refractivity contribution is 0.0209. The molecule has 0 spiro atoms. The third-order valence-electron chi connectivity index (χ3n) is 3.79. The molecule has 0 radical (unpaired) electrons. The molecule has 0 aliphatic carbocycles. The molecule has 1 saturated heterocycles. The molecule has 1 heterocycles. The molecule has 2 rings (SSSR count). The van der Waals surface area contributed by atoms with Crippen molar-refractivity contribution in [1.82, 2.24) is 10.2 Å². The molecule has 0 aromatic heterocycles. The summed E-state index contributed by atoms with van der Waals surface area (Å²) in [6.45, 7) is 9.42. The van der Waals surface area contributed by atoms with E-state index in [9.17, 15) is 9.18 Å². The molecule has 6 nitrogen and oxygen atoms in total. The second kappa shape index (κ2) is 8.84. The van der Waals surface area contributed by atoms with Crippen molar-refractivity contribution in [3.05, 3.63) is 24.0 Å². The van der Waals surface area contributed by atoms with E-state index in [0.717, 1.165) is 13.1 Å². The maximum Gasteiger partial charge on any atom is 0.319 e. The van der Waals surface area contributed by atoms with Crippen LogP contribution in [0, 0.1) is 5.82 Å². The number of hydrogen-bond acceptors (Lipinski definition) is 4. The second-order valence-electron chi connectivity index (χ2n) is 6.14. The van der Waals surface area contributed by atoms with Crippen LogP contribution in [0.25, 0.3) is 0 Å². The van der Waals surface area contributed by atoms with Gasteiger partial charge in [0.2, 0.25) is 0 Å². The smallest absolute Gasteiger partial charge is 0.319 e. The van der Waals surface area contributed by atoms with Crippen molar-refractivity contribution in [3.8, 4) is 5.75 Å². The Hall–Kier alpha value is -1.86. The summed E-state index contributed by atoms with van der Waals surface area (Å²) in [4.78, 5) is 14.2. The highest BCUT2D eigenvalue weighted by molar-refractivity contribution is 5.89. The van der Waals surface area contributed by atoms with Crippen LogP contribution >= 0.6 is 0 Å². The largest absolute Gasteiger partial charge is 0.491 e. The van der Waals surface area contributed by atoms with E-state index in [4.69, 9.17) is 9.47 Å². The summed E-state index contributed by atoms with van der Waals surface area (Å²) in [7, 11) is 0. The molecule has 1 aromatic carbocycles. The van der Waals surface area contributed by atoms with Crippen molar-refractivity contribution in [3.63, 3.8) is 0 Å².